The van der Waals surface area contributed by atoms with Crippen molar-refractivity contribution in [1.82, 2.24) is 20.4 Å². The minimum absolute atomic E-state index is 0.590. The summed E-state index contributed by atoms with van der Waals surface area (Å²) in [6.07, 6.45) is 4.34. The van der Waals surface area contributed by atoms with Gasteiger partial charge >= 0.3 is 0 Å². The van der Waals surface area contributed by atoms with Gasteiger partial charge in [0.05, 0.1) is 11.9 Å². The first-order chi connectivity index (χ1) is 11.6. The molecule has 2 N–H and O–H groups in total. The first-order valence-electron chi connectivity index (χ1n) is 8.81. The zero-order valence-corrected chi connectivity index (χ0v) is 14.8. The average Bonchev–Trinajstić information content (AvgIpc) is 3.03. The Morgan fingerprint density at radius 2 is 2.00 bits per heavy atom. The van der Waals surface area contributed by atoms with Crippen LogP contribution in [0, 0.1) is 6.92 Å². The molecule has 0 bridgehead atoms. The van der Waals surface area contributed by atoms with Crippen LogP contribution < -0.4 is 5.32 Å². The Bertz CT molecular complexity index is 663. The van der Waals surface area contributed by atoms with E-state index in [2.05, 4.69) is 65.1 Å². The molecule has 1 fully saturated rings. The van der Waals surface area contributed by atoms with Crippen molar-refractivity contribution in [2.45, 2.75) is 39.3 Å². The summed E-state index contributed by atoms with van der Waals surface area (Å²) < 4.78 is 0. The molecule has 0 aliphatic carbocycles. The van der Waals surface area contributed by atoms with E-state index in [4.69, 9.17) is 0 Å². The molecule has 0 saturated carbocycles. The highest BCUT2D eigenvalue weighted by Crippen LogP contribution is 2.22. The second-order valence-electron chi connectivity index (χ2n) is 7.02. The molecule has 4 nitrogen and oxygen atoms in total. The van der Waals surface area contributed by atoms with E-state index < -0.39 is 0 Å². The Hall–Kier alpha value is -1.91. The lowest BCUT2D eigenvalue weighted by atomic mass is 10.0. The van der Waals surface area contributed by atoms with Crippen LogP contribution in [0.25, 0.3) is 11.3 Å². The molecule has 3 rings (SSSR count). The van der Waals surface area contributed by atoms with E-state index in [-0.39, 0.29) is 0 Å². The van der Waals surface area contributed by atoms with Gasteiger partial charge in [0.1, 0.15) is 0 Å². The predicted molar refractivity (Wildman–Crippen MR) is 99.9 cm³/mol. The van der Waals surface area contributed by atoms with Crippen LogP contribution in [-0.4, -0.2) is 40.8 Å². The minimum Gasteiger partial charge on any atom is -0.310 e. The third-order valence-corrected chi connectivity index (χ3v) is 4.72. The standard InChI is InChI=1S/C20H28N4/c1-15(2)14-24-10-8-19(9-11-24)21-12-18-13-22-23-20(18)17-6-4-16(3)5-7-17/h4-7,13,19,21H,1,8-12,14H2,2-3H3,(H,22,23). The van der Waals surface area contributed by atoms with E-state index in [1.54, 1.807) is 0 Å². The van der Waals surface area contributed by atoms with Gasteiger partial charge in [-0.25, -0.2) is 0 Å². The summed E-state index contributed by atoms with van der Waals surface area (Å²) in [5.41, 5.74) is 6.10. The Balaban J connectivity index is 1.54. The van der Waals surface area contributed by atoms with E-state index in [0.29, 0.717) is 6.04 Å². The molecule has 2 heterocycles. The van der Waals surface area contributed by atoms with Crippen LogP contribution in [0.3, 0.4) is 0 Å². The Morgan fingerprint density at radius 3 is 2.67 bits per heavy atom. The van der Waals surface area contributed by atoms with Gasteiger partial charge in [-0.3, -0.25) is 10.00 Å². The molecule has 1 saturated heterocycles. The molecule has 1 aliphatic heterocycles. The molecule has 1 aromatic heterocycles. The van der Waals surface area contributed by atoms with Gasteiger partial charge in [-0.2, -0.15) is 5.10 Å². The van der Waals surface area contributed by atoms with Crippen molar-refractivity contribution in [3.63, 3.8) is 0 Å². The summed E-state index contributed by atoms with van der Waals surface area (Å²) in [5, 5.41) is 11.1. The Morgan fingerprint density at radius 1 is 1.29 bits per heavy atom. The summed E-state index contributed by atoms with van der Waals surface area (Å²) in [7, 11) is 0. The first-order valence-corrected chi connectivity index (χ1v) is 8.81. The van der Waals surface area contributed by atoms with Gasteiger partial charge in [0.25, 0.3) is 0 Å². The molecular weight excluding hydrogens is 296 g/mol. The van der Waals surface area contributed by atoms with Crippen molar-refractivity contribution < 1.29 is 0 Å². The molecule has 1 aromatic carbocycles. The Kier molecular flexibility index (Phi) is 5.48. The van der Waals surface area contributed by atoms with Crippen molar-refractivity contribution in [1.29, 1.82) is 0 Å². The van der Waals surface area contributed by atoms with Gasteiger partial charge in [-0.1, -0.05) is 42.0 Å². The summed E-state index contributed by atoms with van der Waals surface area (Å²) in [6.45, 7) is 12.4. The van der Waals surface area contributed by atoms with Crippen LogP contribution in [0.4, 0.5) is 0 Å². The molecule has 24 heavy (non-hydrogen) atoms. The average molecular weight is 324 g/mol. The second kappa shape index (κ2) is 7.77. The molecule has 0 amide bonds. The number of aromatic nitrogens is 2. The smallest absolute Gasteiger partial charge is 0.0695 e. The fraction of sp³-hybridized carbons (Fsp3) is 0.450. The van der Waals surface area contributed by atoms with Crippen LogP contribution in [0.2, 0.25) is 0 Å². The number of benzene rings is 1. The number of nitrogens with zero attached hydrogens (tertiary/aromatic N) is 2. The highest BCUT2D eigenvalue weighted by molar-refractivity contribution is 5.62. The van der Waals surface area contributed by atoms with Crippen molar-refractivity contribution in [2.24, 2.45) is 0 Å². The number of hydrogen-bond acceptors (Lipinski definition) is 3. The number of nitrogens with one attached hydrogen (secondary N) is 2. The fourth-order valence-electron chi connectivity index (χ4n) is 3.35. The summed E-state index contributed by atoms with van der Waals surface area (Å²) in [5.74, 6) is 0. The van der Waals surface area contributed by atoms with Crippen LogP contribution in [-0.2, 0) is 6.54 Å². The summed E-state index contributed by atoms with van der Waals surface area (Å²) >= 11 is 0. The van der Waals surface area contributed by atoms with Crippen LogP contribution >= 0.6 is 0 Å². The van der Waals surface area contributed by atoms with Crippen molar-refractivity contribution in [3.05, 3.63) is 53.7 Å². The maximum Gasteiger partial charge on any atom is 0.0695 e. The van der Waals surface area contributed by atoms with Crippen LogP contribution in [0.5, 0.6) is 0 Å². The van der Waals surface area contributed by atoms with Crippen molar-refractivity contribution in [2.75, 3.05) is 19.6 Å². The molecule has 128 valence electrons. The molecule has 0 unspecified atom stereocenters. The van der Waals surface area contributed by atoms with E-state index in [1.807, 2.05) is 6.20 Å². The van der Waals surface area contributed by atoms with Gasteiger partial charge in [0.2, 0.25) is 0 Å². The molecule has 0 radical (unpaired) electrons. The van der Waals surface area contributed by atoms with Gasteiger partial charge < -0.3 is 5.32 Å². The minimum atomic E-state index is 0.590. The topological polar surface area (TPSA) is 44.0 Å². The highest BCUT2D eigenvalue weighted by Gasteiger charge is 2.19. The highest BCUT2D eigenvalue weighted by atomic mass is 15.1. The first kappa shape index (κ1) is 16.9. The van der Waals surface area contributed by atoms with E-state index in [9.17, 15) is 0 Å². The molecule has 0 spiro atoms. The van der Waals surface area contributed by atoms with E-state index in [1.165, 1.54) is 35.1 Å². The van der Waals surface area contributed by atoms with Gasteiger partial charge in [-0.05, 0) is 45.3 Å². The van der Waals surface area contributed by atoms with Crippen LogP contribution in [0.1, 0.15) is 30.9 Å². The third-order valence-electron chi connectivity index (χ3n) is 4.72. The lowest BCUT2D eigenvalue weighted by Crippen LogP contribution is -2.42. The zero-order valence-electron chi connectivity index (χ0n) is 14.8. The number of rotatable bonds is 6. The lowest BCUT2D eigenvalue weighted by molar-refractivity contribution is 0.211. The van der Waals surface area contributed by atoms with Crippen molar-refractivity contribution >= 4 is 0 Å². The van der Waals surface area contributed by atoms with Gasteiger partial charge in [0.15, 0.2) is 0 Å². The van der Waals surface area contributed by atoms with Gasteiger partial charge in [-0.15, -0.1) is 0 Å². The number of aryl methyl sites for hydroxylation is 1. The molecule has 1 aliphatic rings. The van der Waals surface area contributed by atoms with Gasteiger partial charge in [0, 0.05) is 24.7 Å². The number of H-pyrrole nitrogens is 1. The quantitative estimate of drug-likeness (QED) is 0.799. The molecule has 4 heteroatoms. The van der Waals surface area contributed by atoms with E-state index >= 15 is 0 Å². The number of aromatic amines is 1. The summed E-state index contributed by atoms with van der Waals surface area (Å²) in [6, 6.07) is 9.19. The number of hydrogen-bond donors (Lipinski definition) is 2. The lowest BCUT2D eigenvalue weighted by Gasteiger charge is -2.32. The maximum atomic E-state index is 4.25. The second-order valence-corrected chi connectivity index (χ2v) is 7.02. The zero-order chi connectivity index (χ0) is 16.9. The monoisotopic (exact) mass is 324 g/mol. The Labute approximate surface area is 145 Å². The number of piperidine rings is 1. The molecule has 0 atom stereocenters. The predicted octanol–water partition coefficient (Wildman–Crippen LogP) is 3.52. The molecule has 2 aromatic rings. The molecular formula is C20H28N4. The van der Waals surface area contributed by atoms with E-state index in [0.717, 1.165) is 31.9 Å². The summed E-state index contributed by atoms with van der Waals surface area (Å²) in [4.78, 5) is 2.50. The normalized spacial score (nSPS) is 16.4. The van der Waals surface area contributed by atoms with Crippen molar-refractivity contribution in [3.8, 4) is 11.3 Å². The fourth-order valence-corrected chi connectivity index (χ4v) is 3.35. The number of likely N-dealkylation sites (tertiary alicyclic amines) is 1. The maximum absolute atomic E-state index is 4.25. The van der Waals surface area contributed by atoms with Crippen LogP contribution in [0.15, 0.2) is 42.6 Å². The largest absolute Gasteiger partial charge is 0.310 e. The third kappa shape index (κ3) is 4.34. The SMILES string of the molecule is C=C(C)CN1CCC(NCc2cn[nH]c2-c2ccc(C)cc2)CC1.